The molecule has 0 aliphatic heterocycles. The van der Waals surface area contributed by atoms with Crippen LogP contribution in [-0.4, -0.2) is 40.3 Å². The first kappa shape index (κ1) is 17.3. The molecule has 0 bridgehead atoms. The number of nitrogens with one attached hydrogen (secondary N) is 2. The molecule has 3 unspecified atom stereocenters. The van der Waals surface area contributed by atoms with Gasteiger partial charge in [-0.1, -0.05) is 13.8 Å². The van der Waals surface area contributed by atoms with E-state index in [1.54, 1.807) is 0 Å². The van der Waals surface area contributed by atoms with Gasteiger partial charge in [-0.25, -0.2) is 9.59 Å². The molecular formula is C14H24N2O5. The van der Waals surface area contributed by atoms with Gasteiger partial charge in [-0.15, -0.1) is 0 Å². The minimum absolute atomic E-state index is 0.0464. The van der Waals surface area contributed by atoms with E-state index in [0.29, 0.717) is 11.8 Å². The summed E-state index contributed by atoms with van der Waals surface area (Å²) in [5.41, 5.74) is 0. The first-order valence-corrected chi connectivity index (χ1v) is 7.31. The fraction of sp³-hybridized carbons (Fsp3) is 0.786. The van der Waals surface area contributed by atoms with Gasteiger partial charge in [-0.3, -0.25) is 4.79 Å². The molecule has 1 saturated carbocycles. The Morgan fingerprint density at radius 3 is 2.33 bits per heavy atom. The van der Waals surface area contributed by atoms with E-state index in [9.17, 15) is 14.4 Å². The van der Waals surface area contributed by atoms with E-state index in [4.69, 9.17) is 10.2 Å². The van der Waals surface area contributed by atoms with Gasteiger partial charge in [0.2, 0.25) is 0 Å². The number of rotatable bonds is 6. The third-order valence-corrected chi connectivity index (χ3v) is 4.18. The minimum atomic E-state index is -1.22. The van der Waals surface area contributed by atoms with E-state index in [2.05, 4.69) is 24.5 Å². The Bertz CT molecular complexity index is 399. The van der Waals surface area contributed by atoms with E-state index < -0.39 is 24.0 Å². The predicted octanol–water partition coefficient (Wildman–Crippen LogP) is 1.43. The van der Waals surface area contributed by atoms with Gasteiger partial charge < -0.3 is 20.8 Å². The fourth-order valence-corrected chi connectivity index (χ4v) is 2.59. The Morgan fingerprint density at radius 1 is 1.14 bits per heavy atom. The Balaban J connectivity index is 2.43. The number of amides is 2. The Hall–Kier alpha value is -1.79. The Labute approximate surface area is 124 Å². The summed E-state index contributed by atoms with van der Waals surface area (Å²) >= 11 is 0. The summed E-state index contributed by atoms with van der Waals surface area (Å²) in [4.78, 5) is 33.3. The third-order valence-electron chi connectivity index (χ3n) is 4.18. The van der Waals surface area contributed by atoms with Crippen molar-refractivity contribution in [2.45, 2.75) is 58.0 Å². The molecule has 21 heavy (non-hydrogen) atoms. The smallest absolute Gasteiger partial charge is 0.326 e. The maximum Gasteiger partial charge on any atom is 0.326 e. The van der Waals surface area contributed by atoms with Crippen molar-refractivity contribution in [3.8, 4) is 0 Å². The normalized spacial score (nSPS) is 26.7. The van der Waals surface area contributed by atoms with E-state index in [1.807, 2.05) is 0 Å². The summed E-state index contributed by atoms with van der Waals surface area (Å²) in [7, 11) is 0. The highest BCUT2D eigenvalue weighted by atomic mass is 16.4. The second-order valence-corrected chi connectivity index (χ2v) is 5.91. The van der Waals surface area contributed by atoms with Gasteiger partial charge in [-0.05, 0) is 37.5 Å². The van der Waals surface area contributed by atoms with E-state index in [-0.39, 0.29) is 18.9 Å². The van der Waals surface area contributed by atoms with Crippen molar-refractivity contribution in [3.05, 3.63) is 0 Å². The molecule has 7 nitrogen and oxygen atoms in total. The van der Waals surface area contributed by atoms with Gasteiger partial charge in [0.25, 0.3) is 0 Å². The average Bonchev–Trinajstić information content (AvgIpc) is 2.38. The van der Waals surface area contributed by atoms with Crippen molar-refractivity contribution in [2.75, 3.05) is 0 Å². The summed E-state index contributed by atoms with van der Waals surface area (Å²) in [5, 5.41) is 22.7. The van der Waals surface area contributed by atoms with Crippen LogP contribution in [0.5, 0.6) is 0 Å². The number of carbonyl (C=O) groups is 3. The summed E-state index contributed by atoms with van der Waals surface area (Å²) in [6.07, 6.45) is 2.37. The molecule has 1 aliphatic rings. The molecule has 1 aliphatic carbocycles. The van der Waals surface area contributed by atoms with Crippen molar-refractivity contribution >= 4 is 18.0 Å². The summed E-state index contributed by atoms with van der Waals surface area (Å²) in [5.74, 6) is -1.16. The van der Waals surface area contributed by atoms with E-state index in [1.165, 1.54) is 0 Å². The molecule has 0 spiro atoms. The van der Waals surface area contributed by atoms with Crippen molar-refractivity contribution in [2.24, 2.45) is 11.8 Å². The first-order valence-electron chi connectivity index (χ1n) is 7.31. The molecule has 0 saturated heterocycles. The SMILES string of the molecule is CC1CCC(NC(=O)N[C@@H](CCC(=O)O)C(=O)O)CC1C. The number of carbonyl (C=O) groups excluding carboxylic acids is 1. The third kappa shape index (κ3) is 6.01. The number of carboxylic acid groups (broad SMARTS) is 2. The molecule has 4 N–H and O–H groups in total. The largest absolute Gasteiger partial charge is 0.481 e. The number of carboxylic acids is 2. The molecule has 0 aromatic heterocycles. The molecule has 1 rings (SSSR count). The highest BCUT2D eigenvalue weighted by Crippen LogP contribution is 2.29. The Morgan fingerprint density at radius 2 is 1.81 bits per heavy atom. The lowest BCUT2D eigenvalue weighted by molar-refractivity contribution is -0.140. The van der Waals surface area contributed by atoms with Crippen LogP contribution in [0.2, 0.25) is 0 Å². The molecular weight excluding hydrogens is 276 g/mol. The van der Waals surface area contributed by atoms with Crippen molar-refractivity contribution in [1.29, 1.82) is 0 Å². The van der Waals surface area contributed by atoms with Crippen molar-refractivity contribution in [1.82, 2.24) is 10.6 Å². The van der Waals surface area contributed by atoms with Crippen LogP contribution in [0.3, 0.4) is 0 Å². The standard InChI is InChI=1S/C14H24N2O5/c1-8-3-4-10(7-9(8)2)15-14(21)16-11(13(19)20)5-6-12(17)18/h8-11H,3-7H2,1-2H3,(H,17,18)(H,19,20)(H2,15,16,21)/t8?,9?,10?,11-/m0/s1. The highest BCUT2D eigenvalue weighted by molar-refractivity contribution is 5.83. The lowest BCUT2D eigenvalue weighted by Crippen LogP contribution is -2.50. The number of hydrogen-bond donors (Lipinski definition) is 4. The maximum atomic E-state index is 11.8. The van der Waals surface area contributed by atoms with Crippen LogP contribution >= 0.6 is 0 Å². The summed E-state index contributed by atoms with van der Waals surface area (Å²) in [6.45, 7) is 4.33. The van der Waals surface area contributed by atoms with Crippen LogP contribution in [0, 0.1) is 11.8 Å². The first-order chi connectivity index (χ1) is 9.79. The molecule has 120 valence electrons. The molecule has 2 amide bonds. The highest BCUT2D eigenvalue weighted by Gasteiger charge is 2.27. The minimum Gasteiger partial charge on any atom is -0.481 e. The number of urea groups is 1. The topological polar surface area (TPSA) is 116 Å². The van der Waals surface area contributed by atoms with Crippen LogP contribution in [0.4, 0.5) is 4.79 Å². The quantitative estimate of drug-likeness (QED) is 0.592. The van der Waals surface area contributed by atoms with Gasteiger partial charge >= 0.3 is 18.0 Å². The summed E-state index contributed by atoms with van der Waals surface area (Å²) in [6, 6.07) is -1.68. The van der Waals surface area contributed by atoms with Crippen LogP contribution in [0.25, 0.3) is 0 Å². The summed E-state index contributed by atoms with van der Waals surface area (Å²) < 4.78 is 0. The molecule has 0 aromatic carbocycles. The Kier molecular flexibility index (Phi) is 6.45. The van der Waals surface area contributed by atoms with Crippen LogP contribution in [-0.2, 0) is 9.59 Å². The number of aliphatic carboxylic acids is 2. The number of hydrogen-bond acceptors (Lipinski definition) is 3. The van der Waals surface area contributed by atoms with E-state index in [0.717, 1.165) is 19.3 Å². The van der Waals surface area contributed by atoms with Crippen molar-refractivity contribution in [3.63, 3.8) is 0 Å². The van der Waals surface area contributed by atoms with Gasteiger partial charge in [0.1, 0.15) is 6.04 Å². The fourth-order valence-electron chi connectivity index (χ4n) is 2.59. The maximum absolute atomic E-state index is 11.8. The zero-order valence-corrected chi connectivity index (χ0v) is 12.5. The average molecular weight is 300 g/mol. The molecule has 0 aromatic rings. The second-order valence-electron chi connectivity index (χ2n) is 5.91. The molecule has 0 radical (unpaired) electrons. The monoisotopic (exact) mass is 300 g/mol. The van der Waals surface area contributed by atoms with Gasteiger partial charge in [0.15, 0.2) is 0 Å². The van der Waals surface area contributed by atoms with Crippen LogP contribution in [0.1, 0.15) is 46.0 Å². The van der Waals surface area contributed by atoms with E-state index >= 15 is 0 Å². The predicted molar refractivity (Wildman–Crippen MR) is 75.9 cm³/mol. The zero-order valence-electron chi connectivity index (χ0n) is 12.5. The lowest BCUT2D eigenvalue weighted by Gasteiger charge is -2.32. The molecule has 1 fully saturated rings. The zero-order chi connectivity index (χ0) is 16.0. The van der Waals surface area contributed by atoms with Gasteiger partial charge in [0, 0.05) is 12.5 Å². The van der Waals surface area contributed by atoms with Gasteiger partial charge in [-0.2, -0.15) is 0 Å². The second kappa shape index (κ2) is 7.85. The van der Waals surface area contributed by atoms with Gasteiger partial charge in [0.05, 0.1) is 0 Å². The molecule has 7 heteroatoms. The van der Waals surface area contributed by atoms with Crippen molar-refractivity contribution < 1.29 is 24.6 Å². The molecule has 0 heterocycles. The lowest BCUT2D eigenvalue weighted by atomic mass is 9.79. The van der Waals surface area contributed by atoms with Crippen LogP contribution < -0.4 is 10.6 Å². The molecule has 4 atom stereocenters. The van der Waals surface area contributed by atoms with Crippen LogP contribution in [0.15, 0.2) is 0 Å².